The fraction of sp³-hybridized carbons (Fsp3) is 0.217. The summed E-state index contributed by atoms with van der Waals surface area (Å²) in [5.74, 6) is -0.404. The number of thiophene rings is 1. The topological polar surface area (TPSA) is 58.2 Å². The minimum atomic E-state index is -0.246. The highest BCUT2D eigenvalue weighted by molar-refractivity contribution is 7.09. The predicted octanol–water partition coefficient (Wildman–Crippen LogP) is 3.93. The number of carbonyl (C=O) groups is 2. The van der Waals surface area contributed by atoms with Crippen LogP contribution in [0.1, 0.15) is 32.3 Å². The van der Waals surface area contributed by atoms with Crippen LogP contribution in [0.15, 0.2) is 72.1 Å². The highest BCUT2D eigenvalue weighted by atomic mass is 32.1. The van der Waals surface area contributed by atoms with Gasteiger partial charge in [-0.15, -0.1) is 11.3 Å². The molecule has 3 aromatic rings. The van der Waals surface area contributed by atoms with Gasteiger partial charge in [-0.2, -0.15) is 0 Å². The minimum Gasteiger partial charge on any atom is -0.354 e. The van der Waals surface area contributed by atoms with E-state index in [1.807, 2.05) is 60.8 Å². The summed E-state index contributed by atoms with van der Waals surface area (Å²) in [4.78, 5) is 26.1. The standard InChI is InChI=1S/C23H24N2O2S/c1-17-9-11-18(12-10-17)21(16-20-8-5-15-28-20)23(27)25-14-13-24-22(26)19-6-3-2-4-7-19/h2-12,15,21H,13-14,16H2,1H3,(H,24,26)(H,25,27). The number of hydrogen-bond donors (Lipinski definition) is 2. The second-order valence-electron chi connectivity index (χ2n) is 6.66. The van der Waals surface area contributed by atoms with Crippen LogP contribution in [0, 0.1) is 6.92 Å². The molecule has 1 atom stereocenters. The third-order valence-electron chi connectivity index (χ3n) is 4.53. The van der Waals surface area contributed by atoms with Crippen molar-refractivity contribution in [1.82, 2.24) is 10.6 Å². The van der Waals surface area contributed by atoms with Crippen molar-refractivity contribution >= 4 is 23.2 Å². The Morgan fingerprint density at radius 1 is 0.893 bits per heavy atom. The molecule has 28 heavy (non-hydrogen) atoms. The second kappa shape index (κ2) is 9.85. The highest BCUT2D eigenvalue weighted by Gasteiger charge is 2.21. The van der Waals surface area contributed by atoms with E-state index in [1.165, 1.54) is 10.4 Å². The lowest BCUT2D eigenvalue weighted by atomic mass is 9.93. The first-order valence-corrected chi connectivity index (χ1v) is 10.2. The van der Waals surface area contributed by atoms with Gasteiger partial charge in [-0.1, -0.05) is 54.1 Å². The van der Waals surface area contributed by atoms with Crippen molar-refractivity contribution in [2.45, 2.75) is 19.3 Å². The number of benzene rings is 2. The maximum atomic E-state index is 12.9. The van der Waals surface area contributed by atoms with Gasteiger partial charge in [-0.3, -0.25) is 9.59 Å². The molecule has 0 aliphatic carbocycles. The van der Waals surface area contributed by atoms with Gasteiger partial charge in [0, 0.05) is 23.5 Å². The van der Waals surface area contributed by atoms with Crippen molar-refractivity contribution in [2.75, 3.05) is 13.1 Å². The van der Waals surface area contributed by atoms with Gasteiger partial charge in [-0.25, -0.2) is 0 Å². The van der Waals surface area contributed by atoms with Crippen molar-refractivity contribution < 1.29 is 9.59 Å². The summed E-state index contributed by atoms with van der Waals surface area (Å²) in [5, 5.41) is 7.83. The van der Waals surface area contributed by atoms with E-state index in [0.717, 1.165) is 5.56 Å². The fourth-order valence-corrected chi connectivity index (χ4v) is 3.72. The van der Waals surface area contributed by atoms with Crippen LogP contribution >= 0.6 is 11.3 Å². The first-order chi connectivity index (χ1) is 13.6. The summed E-state index contributed by atoms with van der Waals surface area (Å²) in [7, 11) is 0. The molecule has 0 saturated heterocycles. The monoisotopic (exact) mass is 392 g/mol. The number of aryl methyl sites for hydroxylation is 1. The van der Waals surface area contributed by atoms with Gasteiger partial charge in [0.1, 0.15) is 0 Å². The molecule has 2 aromatic carbocycles. The maximum absolute atomic E-state index is 12.9. The summed E-state index contributed by atoms with van der Waals surface area (Å²) in [6.07, 6.45) is 0.670. The molecule has 2 N–H and O–H groups in total. The molecule has 0 fully saturated rings. The normalized spacial score (nSPS) is 11.6. The number of hydrogen-bond acceptors (Lipinski definition) is 3. The van der Waals surface area contributed by atoms with Crippen LogP contribution in [0.25, 0.3) is 0 Å². The molecule has 2 amide bonds. The van der Waals surface area contributed by atoms with Crippen molar-refractivity contribution in [3.63, 3.8) is 0 Å². The van der Waals surface area contributed by atoms with Gasteiger partial charge < -0.3 is 10.6 Å². The third-order valence-corrected chi connectivity index (χ3v) is 5.43. The Bertz CT molecular complexity index is 890. The SMILES string of the molecule is Cc1ccc(C(Cc2cccs2)C(=O)NCCNC(=O)c2ccccc2)cc1. The largest absolute Gasteiger partial charge is 0.354 e. The van der Waals surface area contributed by atoms with Gasteiger partial charge in [0.2, 0.25) is 5.91 Å². The Kier molecular flexibility index (Phi) is 6.98. The molecular weight excluding hydrogens is 368 g/mol. The van der Waals surface area contributed by atoms with Crippen LogP contribution in [0.5, 0.6) is 0 Å². The Labute approximate surface area is 169 Å². The molecule has 0 radical (unpaired) electrons. The van der Waals surface area contributed by atoms with E-state index in [2.05, 4.69) is 16.7 Å². The Morgan fingerprint density at radius 2 is 1.61 bits per heavy atom. The molecule has 1 heterocycles. The molecule has 4 nitrogen and oxygen atoms in total. The van der Waals surface area contributed by atoms with Gasteiger partial charge in [0.15, 0.2) is 0 Å². The van der Waals surface area contributed by atoms with Crippen LogP contribution in [-0.2, 0) is 11.2 Å². The summed E-state index contributed by atoms with van der Waals surface area (Å²) >= 11 is 1.66. The van der Waals surface area contributed by atoms with E-state index in [1.54, 1.807) is 23.5 Å². The summed E-state index contributed by atoms with van der Waals surface area (Å²) in [6, 6.07) is 21.2. The molecule has 5 heteroatoms. The molecule has 0 spiro atoms. The van der Waals surface area contributed by atoms with E-state index in [9.17, 15) is 9.59 Å². The Balaban J connectivity index is 1.56. The average molecular weight is 393 g/mol. The fourth-order valence-electron chi connectivity index (χ4n) is 2.97. The van der Waals surface area contributed by atoms with Crippen LogP contribution < -0.4 is 10.6 Å². The highest BCUT2D eigenvalue weighted by Crippen LogP contribution is 2.24. The number of nitrogens with one attached hydrogen (secondary N) is 2. The minimum absolute atomic E-state index is 0.0220. The molecule has 144 valence electrons. The van der Waals surface area contributed by atoms with Crippen molar-refractivity contribution in [3.05, 3.63) is 93.7 Å². The summed E-state index contributed by atoms with van der Waals surface area (Å²) in [6.45, 7) is 2.82. The lowest BCUT2D eigenvalue weighted by molar-refractivity contribution is -0.122. The number of carbonyl (C=O) groups excluding carboxylic acids is 2. The van der Waals surface area contributed by atoms with Crippen LogP contribution in [-0.4, -0.2) is 24.9 Å². The molecule has 1 unspecified atom stereocenters. The zero-order valence-electron chi connectivity index (χ0n) is 15.9. The van der Waals surface area contributed by atoms with Crippen LogP contribution in [0.2, 0.25) is 0 Å². The molecule has 0 aliphatic heterocycles. The van der Waals surface area contributed by atoms with E-state index < -0.39 is 0 Å². The Hall–Kier alpha value is -2.92. The van der Waals surface area contributed by atoms with Crippen molar-refractivity contribution in [2.24, 2.45) is 0 Å². The zero-order chi connectivity index (χ0) is 19.8. The average Bonchev–Trinajstić information content (AvgIpc) is 3.24. The Morgan fingerprint density at radius 3 is 2.29 bits per heavy atom. The van der Waals surface area contributed by atoms with E-state index in [-0.39, 0.29) is 17.7 Å². The third kappa shape index (κ3) is 5.54. The van der Waals surface area contributed by atoms with Gasteiger partial charge in [0.05, 0.1) is 5.92 Å². The van der Waals surface area contributed by atoms with Crippen LogP contribution in [0.4, 0.5) is 0 Å². The zero-order valence-corrected chi connectivity index (χ0v) is 16.7. The van der Waals surface area contributed by atoms with E-state index in [4.69, 9.17) is 0 Å². The lowest BCUT2D eigenvalue weighted by Gasteiger charge is -2.17. The molecule has 0 bridgehead atoms. The smallest absolute Gasteiger partial charge is 0.251 e. The van der Waals surface area contributed by atoms with Crippen molar-refractivity contribution in [1.29, 1.82) is 0 Å². The van der Waals surface area contributed by atoms with Gasteiger partial charge >= 0.3 is 0 Å². The molecular formula is C23H24N2O2S. The van der Waals surface area contributed by atoms with Crippen molar-refractivity contribution in [3.8, 4) is 0 Å². The van der Waals surface area contributed by atoms with Gasteiger partial charge in [-0.05, 0) is 42.5 Å². The van der Waals surface area contributed by atoms with Crippen LogP contribution in [0.3, 0.4) is 0 Å². The number of amides is 2. The molecule has 1 aromatic heterocycles. The number of rotatable bonds is 8. The van der Waals surface area contributed by atoms with E-state index in [0.29, 0.717) is 25.1 Å². The van der Waals surface area contributed by atoms with Gasteiger partial charge in [0.25, 0.3) is 5.91 Å². The predicted molar refractivity (Wildman–Crippen MR) is 114 cm³/mol. The molecule has 3 rings (SSSR count). The van der Waals surface area contributed by atoms with E-state index >= 15 is 0 Å². The first kappa shape index (κ1) is 19.8. The maximum Gasteiger partial charge on any atom is 0.251 e. The summed E-state index contributed by atoms with van der Waals surface area (Å²) in [5.41, 5.74) is 2.79. The molecule has 0 saturated carbocycles. The lowest BCUT2D eigenvalue weighted by Crippen LogP contribution is -2.37. The summed E-state index contributed by atoms with van der Waals surface area (Å²) < 4.78 is 0. The quantitative estimate of drug-likeness (QED) is 0.571. The second-order valence-corrected chi connectivity index (χ2v) is 7.69. The molecule has 0 aliphatic rings. The first-order valence-electron chi connectivity index (χ1n) is 9.33.